The first kappa shape index (κ1) is 17.6. The molecule has 0 aliphatic rings. The van der Waals surface area contributed by atoms with Gasteiger partial charge in [-0.15, -0.1) is 10.2 Å². The molecule has 0 bridgehead atoms. The average Bonchev–Trinajstić information content (AvgIpc) is 3.01. The van der Waals surface area contributed by atoms with Crippen LogP contribution in [0.2, 0.25) is 0 Å². The normalized spacial score (nSPS) is 10.3. The number of nitrogens with one attached hydrogen (secondary N) is 1. The SMILES string of the molecule is CCCOC(=O)CCSc1nnc(Nc2ccccc2OC)s1. The molecule has 0 amide bonds. The third kappa shape index (κ3) is 5.72. The summed E-state index contributed by atoms with van der Waals surface area (Å²) in [5.41, 5.74) is 0.839. The Morgan fingerprint density at radius 1 is 1.35 bits per heavy atom. The summed E-state index contributed by atoms with van der Waals surface area (Å²) >= 11 is 2.93. The summed E-state index contributed by atoms with van der Waals surface area (Å²) in [5.74, 6) is 1.21. The fraction of sp³-hybridized carbons (Fsp3) is 0.400. The first-order chi connectivity index (χ1) is 11.2. The summed E-state index contributed by atoms with van der Waals surface area (Å²) in [6.45, 7) is 2.45. The zero-order chi connectivity index (χ0) is 16.5. The van der Waals surface area contributed by atoms with E-state index in [2.05, 4.69) is 15.5 Å². The van der Waals surface area contributed by atoms with E-state index in [1.807, 2.05) is 31.2 Å². The van der Waals surface area contributed by atoms with E-state index >= 15 is 0 Å². The van der Waals surface area contributed by atoms with Crippen LogP contribution in [-0.4, -0.2) is 35.6 Å². The summed E-state index contributed by atoms with van der Waals surface area (Å²) in [5, 5.41) is 12.1. The fourth-order valence-electron chi connectivity index (χ4n) is 1.69. The molecule has 0 aliphatic heterocycles. The third-order valence-corrected chi connectivity index (χ3v) is 4.73. The number of hydrogen-bond donors (Lipinski definition) is 1. The standard InChI is InChI=1S/C15H19N3O3S2/c1-3-9-21-13(19)8-10-22-15-18-17-14(23-15)16-11-6-4-5-7-12(11)20-2/h4-7H,3,8-10H2,1-2H3,(H,16,17). The van der Waals surface area contributed by atoms with E-state index < -0.39 is 0 Å². The van der Waals surface area contributed by atoms with Crippen LogP contribution in [0.1, 0.15) is 19.8 Å². The van der Waals surface area contributed by atoms with Crippen molar-refractivity contribution >= 4 is 39.9 Å². The third-order valence-electron chi connectivity index (χ3n) is 2.75. The van der Waals surface area contributed by atoms with Crippen molar-refractivity contribution in [3.63, 3.8) is 0 Å². The van der Waals surface area contributed by atoms with Crippen LogP contribution in [-0.2, 0) is 9.53 Å². The van der Waals surface area contributed by atoms with Gasteiger partial charge < -0.3 is 14.8 Å². The van der Waals surface area contributed by atoms with E-state index in [4.69, 9.17) is 9.47 Å². The zero-order valence-corrected chi connectivity index (χ0v) is 14.7. The number of rotatable bonds is 9. The Morgan fingerprint density at radius 3 is 2.96 bits per heavy atom. The number of para-hydroxylation sites is 2. The quantitative estimate of drug-likeness (QED) is 0.544. The molecule has 0 saturated heterocycles. The van der Waals surface area contributed by atoms with Crippen molar-refractivity contribution in [3.8, 4) is 5.75 Å². The maximum absolute atomic E-state index is 11.4. The molecular weight excluding hydrogens is 334 g/mol. The summed E-state index contributed by atoms with van der Waals surface area (Å²) in [4.78, 5) is 11.4. The molecule has 0 fully saturated rings. The van der Waals surface area contributed by atoms with Gasteiger partial charge in [0, 0.05) is 5.75 Å². The van der Waals surface area contributed by atoms with E-state index in [0.29, 0.717) is 23.9 Å². The Kier molecular flexibility index (Phi) is 7.15. The van der Waals surface area contributed by atoms with Crippen molar-refractivity contribution in [3.05, 3.63) is 24.3 Å². The second kappa shape index (κ2) is 9.36. The molecule has 23 heavy (non-hydrogen) atoms. The molecule has 1 N–H and O–H groups in total. The number of methoxy groups -OCH3 is 1. The van der Waals surface area contributed by atoms with Gasteiger partial charge in [0.1, 0.15) is 5.75 Å². The highest BCUT2D eigenvalue weighted by molar-refractivity contribution is 8.01. The molecular formula is C15H19N3O3S2. The van der Waals surface area contributed by atoms with Crippen molar-refractivity contribution in [1.82, 2.24) is 10.2 Å². The van der Waals surface area contributed by atoms with Crippen molar-refractivity contribution < 1.29 is 14.3 Å². The van der Waals surface area contributed by atoms with E-state index in [1.54, 1.807) is 7.11 Å². The van der Waals surface area contributed by atoms with Crippen molar-refractivity contribution in [2.45, 2.75) is 24.1 Å². The molecule has 6 nitrogen and oxygen atoms in total. The monoisotopic (exact) mass is 353 g/mol. The molecule has 1 aromatic carbocycles. The molecule has 1 aromatic heterocycles. The number of nitrogens with zero attached hydrogens (tertiary/aromatic N) is 2. The molecule has 1 heterocycles. The van der Waals surface area contributed by atoms with Gasteiger partial charge in [0.25, 0.3) is 0 Å². The first-order valence-electron chi connectivity index (χ1n) is 7.25. The molecule has 0 radical (unpaired) electrons. The predicted molar refractivity (Wildman–Crippen MR) is 92.8 cm³/mol. The number of hydrogen-bond acceptors (Lipinski definition) is 8. The van der Waals surface area contributed by atoms with Crippen LogP contribution in [0.25, 0.3) is 0 Å². The van der Waals surface area contributed by atoms with Crippen molar-refractivity contribution in [2.75, 3.05) is 24.8 Å². The number of anilines is 2. The lowest BCUT2D eigenvalue weighted by Crippen LogP contribution is -2.05. The number of carbonyl (C=O) groups excluding carboxylic acids is 1. The molecule has 0 saturated carbocycles. The Bertz CT molecular complexity index is 634. The van der Waals surface area contributed by atoms with E-state index in [1.165, 1.54) is 23.1 Å². The van der Waals surface area contributed by atoms with Gasteiger partial charge in [-0.05, 0) is 18.6 Å². The Hall–Kier alpha value is -1.80. The lowest BCUT2D eigenvalue weighted by Gasteiger charge is -2.07. The van der Waals surface area contributed by atoms with Crippen LogP contribution in [0, 0.1) is 0 Å². The van der Waals surface area contributed by atoms with Crippen LogP contribution in [0.3, 0.4) is 0 Å². The van der Waals surface area contributed by atoms with Gasteiger partial charge >= 0.3 is 5.97 Å². The molecule has 8 heteroatoms. The van der Waals surface area contributed by atoms with Gasteiger partial charge in [0.2, 0.25) is 5.13 Å². The molecule has 0 unspecified atom stereocenters. The highest BCUT2D eigenvalue weighted by atomic mass is 32.2. The second-order valence-corrected chi connectivity index (χ2v) is 6.84. The molecule has 2 rings (SSSR count). The highest BCUT2D eigenvalue weighted by Gasteiger charge is 2.09. The Balaban J connectivity index is 1.82. The van der Waals surface area contributed by atoms with Gasteiger partial charge in [-0.1, -0.05) is 42.2 Å². The smallest absolute Gasteiger partial charge is 0.306 e. The number of carbonyl (C=O) groups is 1. The minimum absolute atomic E-state index is 0.170. The summed E-state index contributed by atoms with van der Waals surface area (Å²) in [6, 6.07) is 7.62. The lowest BCUT2D eigenvalue weighted by atomic mass is 10.3. The Morgan fingerprint density at radius 2 is 2.17 bits per heavy atom. The molecule has 2 aromatic rings. The molecule has 0 atom stereocenters. The molecule has 0 aliphatic carbocycles. The van der Waals surface area contributed by atoms with Crippen molar-refractivity contribution in [1.29, 1.82) is 0 Å². The number of aromatic nitrogens is 2. The maximum Gasteiger partial charge on any atom is 0.306 e. The largest absolute Gasteiger partial charge is 0.495 e. The summed E-state index contributed by atoms with van der Waals surface area (Å²) in [6.07, 6.45) is 1.22. The molecule has 0 spiro atoms. The summed E-state index contributed by atoms with van der Waals surface area (Å²) < 4.78 is 11.1. The Labute approximate surface area is 143 Å². The van der Waals surface area contributed by atoms with Gasteiger partial charge in [-0.25, -0.2) is 0 Å². The van der Waals surface area contributed by atoms with Gasteiger partial charge in [0.05, 0.1) is 25.8 Å². The van der Waals surface area contributed by atoms with Crippen LogP contribution >= 0.6 is 23.1 Å². The number of thioether (sulfide) groups is 1. The topological polar surface area (TPSA) is 73.3 Å². The van der Waals surface area contributed by atoms with E-state index in [9.17, 15) is 4.79 Å². The number of ether oxygens (including phenoxy) is 2. The van der Waals surface area contributed by atoms with Crippen molar-refractivity contribution in [2.24, 2.45) is 0 Å². The average molecular weight is 353 g/mol. The number of benzene rings is 1. The van der Waals surface area contributed by atoms with Crippen LogP contribution in [0.5, 0.6) is 5.75 Å². The molecule has 124 valence electrons. The van der Waals surface area contributed by atoms with Crippen LogP contribution in [0.4, 0.5) is 10.8 Å². The summed E-state index contributed by atoms with van der Waals surface area (Å²) in [7, 11) is 1.62. The maximum atomic E-state index is 11.4. The van der Waals surface area contributed by atoms with Gasteiger partial charge in [0.15, 0.2) is 4.34 Å². The minimum Gasteiger partial charge on any atom is -0.495 e. The fourth-order valence-corrected chi connectivity index (χ4v) is 3.45. The van der Waals surface area contributed by atoms with Gasteiger partial charge in [-0.3, -0.25) is 4.79 Å². The van der Waals surface area contributed by atoms with Crippen LogP contribution < -0.4 is 10.1 Å². The number of esters is 1. The zero-order valence-electron chi connectivity index (χ0n) is 13.1. The second-order valence-electron chi connectivity index (χ2n) is 4.52. The van der Waals surface area contributed by atoms with E-state index in [0.717, 1.165) is 22.2 Å². The predicted octanol–water partition coefficient (Wildman–Crippen LogP) is 3.73. The van der Waals surface area contributed by atoms with E-state index in [-0.39, 0.29) is 5.97 Å². The lowest BCUT2D eigenvalue weighted by molar-refractivity contribution is -0.143. The van der Waals surface area contributed by atoms with Crippen LogP contribution in [0.15, 0.2) is 28.6 Å². The highest BCUT2D eigenvalue weighted by Crippen LogP contribution is 2.31. The van der Waals surface area contributed by atoms with Gasteiger partial charge in [-0.2, -0.15) is 0 Å². The first-order valence-corrected chi connectivity index (χ1v) is 9.05. The minimum atomic E-state index is -0.170.